The highest BCUT2D eigenvalue weighted by molar-refractivity contribution is 8.07. The minimum atomic E-state index is 0.0159. The number of hydrogen-bond acceptors (Lipinski definition) is 2. The first kappa shape index (κ1) is 6.99. The van der Waals surface area contributed by atoms with E-state index in [1.807, 2.05) is 0 Å². The summed E-state index contributed by atoms with van der Waals surface area (Å²) in [6.45, 7) is 0. The molecular formula is C8H14OS. The first-order valence-electron chi connectivity index (χ1n) is 4.20. The predicted molar refractivity (Wildman–Crippen MR) is 44.3 cm³/mol. The van der Waals surface area contributed by atoms with E-state index in [4.69, 9.17) is 0 Å². The van der Waals surface area contributed by atoms with E-state index in [0.29, 0.717) is 0 Å². The average Bonchev–Trinajstić information content (AvgIpc) is 2.59. The van der Waals surface area contributed by atoms with Crippen LogP contribution in [0.25, 0.3) is 0 Å². The van der Waals surface area contributed by atoms with Crippen LogP contribution >= 0.6 is 11.8 Å². The Bertz CT molecular complexity index is 124. The Morgan fingerprint density at radius 3 is 2.70 bits per heavy atom. The van der Waals surface area contributed by atoms with Crippen LogP contribution in [0.3, 0.4) is 0 Å². The number of hydrogen-bond donors (Lipinski definition) is 1. The summed E-state index contributed by atoms with van der Waals surface area (Å²) in [6, 6.07) is 0. The van der Waals surface area contributed by atoms with Crippen molar-refractivity contribution >= 4 is 11.8 Å². The lowest BCUT2D eigenvalue weighted by Crippen LogP contribution is -2.11. The third-order valence-electron chi connectivity index (χ3n) is 2.50. The normalized spacial score (nSPS) is 47.1. The number of rotatable bonds is 0. The highest BCUT2D eigenvalue weighted by atomic mass is 32.2. The zero-order chi connectivity index (χ0) is 6.97. The molecule has 2 aliphatic rings. The molecule has 1 saturated heterocycles. The first-order chi connectivity index (χ1) is 4.86. The Kier molecular flexibility index (Phi) is 1.92. The van der Waals surface area contributed by atoms with Gasteiger partial charge in [-0.1, -0.05) is 0 Å². The summed E-state index contributed by atoms with van der Waals surface area (Å²) in [5.41, 5.74) is 0. The first-order valence-corrected chi connectivity index (χ1v) is 5.14. The van der Waals surface area contributed by atoms with Gasteiger partial charge in [-0.2, -0.15) is 11.8 Å². The molecule has 3 atom stereocenters. The summed E-state index contributed by atoms with van der Waals surface area (Å²) in [6.07, 6.45) is 5.97. The van der Waals surface area contributed by atoms with E-state index >= 15 is 0 Å². The van der Waals surface area contributed by atoms with Crippen LogP contribution in [0.1, 0.15) is 32.1 Å². The summed E-state index contributed by atoms with van der Waals surface area (Å²) in [7, 11) is 0. The fraction of sp³-hybridized carbons (Fsp3) is 1.00. The molecule has 1 aliphatic carbocycles. The molecule has 0 amide bonds. The molecular weight excluding hydrogens is 144 g/mol. The zero-order valence-electron chi connectivity index (χ0n) is 6.12. The fourth-order valence-electron chi connectivity index (χ4n) is 1.74. The number of aliphatic hydroxyl groups excluding tert-OH is 1. The fourth-order valence-corrected chi connectivity index (χ4v) is 2.95. The largest absolute Gasteiger partial charge is 0.393 e. The topological polar surface area (TPSA) is 20.2 Å². The molecule has 1 N–H and O–H groups in total. The molecule has 1 saturated carbocycles. The minimum Gasteiger partial charge on any atom is -0.393 e. The Morgan fingerprint density at radius 2 is 1.80 bits per heavy atom. The van der Waals surface area contributed by atoms with Gasteiger partial charge in [0.15, 0.2) is 0 Å². The zero-order valence-corrected chi connectivity index (χ0v) is 6.94. The van der Waals surface area contributed by atoms with E-state index in [2.05, 4.69) is 11.8 Å². The second kappa shape index (κ2) is 2.74. The van der Waals surface area contributed by atoms with E-state index in [0.717, 1.165) is 23.3 Å². The maximum atomic E-state index is 9.34. The van der Waals surface area contributed by atoms with E-state index in [1.54, 1.807) is 0 Å². The molecule has 0 bridgehead atoms. The van der Waals surface area contributed by atoms with Crippen molar-refractivity contribution in [3.8, 4) is 0 Å². The van der Waals surface area contributed by atoms with Gasteiger partial charge in [0.1, 0.15) is 0 Å². The van der Waals surface area contributed by atoms with E-state index < -0.39 is 0 Å². The molecule has 58 valence electrons. The monoisotopic (exact) mass is 158 g/mol. The van der Waals surface area contributed by atoms with Gasteiger partial charge in [0.2, 0.25) is 0 Å². The standard InChI is InChI=1S/C8H14OS/c9-6-2-1-3-7-8(10-7)5-4-6/h6-9H,1-5H2/t6-,7+,8-/m0/s1. The second-order valence-electron chi connectivity index (χ2n) is 3.38. The second-order valence-corrected chi connectivity index (χ2v) is 4.86. The summed E-state index contributed by atoms with van der Waals surface area (Å²) < 4.78 is 0. The van der Waals surface area contributed by atoms with Gasteiger partial charge in [-0.15, -0.1) is 0 Å². The van der Waals surface area contributed by atoms with Crippen molar-refractivity contribution in [2.75, 3.05) is 0 Å². The molecule has 0 aromatic carbocycles. The lowest BCUT2D eigenvalue weighted by molar-refractivity contribution is 0.145. The van der Waals surface area contributed by atoms with Crippen molar-refractivity contribution in [1.82, 2.24) is 0 Å². The van der Waals surface area contributed by atoms with Gasteiger partial charge >= 0.3 is 0 Å². The quantitative estimate of drug-likeness (QED) is 0.542. The molecule has 10 heavy (non-hydrogen) atoms. The number of thioether (sulfide) groups is 1. The highest BCUT2D eigenvalue weighted by Crippen LogP contribution is 2.48. The predicted octanol–water partition coefficient (Wildman–Crippen LogP) is 1.80. The summed E-state index contributed by atoms with van der Waals surface area (Å²) in [5.74, 6) is 0. The van der Waals surface area contributed by atoms with Crippen LogP contribution in [-0.4, -0.2) is 21.7 Å². The lowest BCUT2D eigenvalue weighted by Gasteiger charge is -2.11. The Morgan fingerprint density at radius 1 is 1.00 bits per heavy atom. The Hall–Kier alpha value is 0.310. The molecule has 2 heteroatoms. The van der Waals surface area contributed by atoms with E-state index in [1.165, 1.54) is 19.3 Å². The molecule has 0 aromatic rings. The van der Waals surface area contributed by atoms with Crippen LogP contribution in [-0.2, 0) is 0 Å². The molecule has 2 fully saturated rings. The third kappa shape index (κ3) is 1.48. The Labute approximate surface area is 66.2 Å². The molecule has 2 rings (SSSR count). The molecule has 0 spiro atoms. The average molecular weight is 158 g/mol. The Balaban J connectivity index is 1.83. The van der Waals surface area contributed by atoms with Crippen molar-refractivity contribution in [2.45, 2.75) is 48.7 Å². The van der Waals surface area contributed by atoms with Crippen molar-refractivity contribution < 1.29 is 5.11 Å². The molecule has 1 nitrogen and oxygen atoms in total. The lowest BCUT2D eigenvalue weighted by atomic mass is 9.99. The van der Waals surface area contributed by atoms with Crippen molar-refractivity contribution in [1.29, 1.82) is 0 Å². The van der Waals surface area contributed by atoms with Crippen molar-refractivity contribution in [2.24, 2.45) is 0 Å². The van der Waals surface area contributed by atoms with Gasteiger partial charge in [-0.3, -0.25) is 0 Å². The van der Waals surface area contributed by atoms with Gasteiger partial charge in [0, 0.05) is 10.5 Å². The number of fused-ring (bicyclic) bond motifs is 1. The smallest absolute Gasteiger partial charge is 0.0540 e. The molecule has 0 unspecified atom stereocenters. The molecule has 1 aliphatic heterocycles. The summed E-state index contributed by atoms with van der Waals surface area (Å²) in [5, 5.41) is 11.2. The van der Waals surface area contributed by atoms with Crippen LogP contribution in [0.15, 0.2) is 0 Å². The van der Waals surface area contributed by atoms with Crippen LogP contribution in [0.5, 0.6) is 0 Å². The van der Waals surface area contributed by atoms with Crippen LogP contribution in [0.4, 0.5) is 0 Å². The highest BCUT2D eigenvalue weighted by Gasteiger charge is 2.38. The van der Waals surface area contributed by atoms with Crippen molar-refractivity contribution in [3.63, 3.8) is 0 Å². The SMILES string of the molecule is O[C@H]1CCC[C@H]2S[C@H]2CC1. The summed E-state index contributed by atoms with van der Waals surface area (Å²) in [4.78, 5) is 0. The maximum Gasteiger partial charge on any atom is 0.0540 e. The summed E-state index contributed by atoms with van der Waals surface area (Å²) >= 11 is 2.12. The van der Waals surface area contributed by atoms with Crippen LogP contribution in [0, 0.1) is 0 Å². The van der Waals surface area contributed by atoms with Gasteiger partial charge < -0.3 is 5.11 Å². The maximum absolute atomic E-state index is 9.34. The third-order valence-corrected chi connectivity index (χ3v) is 4.01. The minimum absolute atomic E-state index is 0.0159. The van der Waals surface area contributed by atoms with Gasteiger partial charge in [0.05, 0.1) is 6.10 Å². The van der Waals surface area contributed by atoms with Crippen LogP contribution in [0.2, 0.25) is 0 Å². The molecule has 0 aromatic heterocycles. The van der Waals surface area contributed by atoms with Gasteiger partial charge in [0.25, 0.3) is 0 Å². The van der Waals surface area contributed by atoms with E-state index in [9.17, 15) is 5.11 Å². The number of aliphatic hydroxyl groups is 1. The van der Waals surface area contributed by atoms with Crippen LogP contribution < -0.4 is 0 Å². The molecule has 0 radical (unpaired) electrons. The van der Waals surface area contributed by atoms with Crippen molar-refractivity contribution in [3.05, 3.63) is 0 Å². The van der Waals surface area contributed by atoms with Gasteiger partial charge in [-0.05, 0) is 32.1 Å². The molecule has 1 heterocycles. The van der Waals surface area contributed by atoms with Gasteiger partial charge in [-0.25, -0.2) is 0 Å². The van der Waals surface area contributed by atoms with E-state index in [-0.39, 0.29) is 6.10 Å².